The van der Waals surface area contributed by atoms with Gasteiger partial charge in [-0.2, -0.15) is 4.98 Å². The summed E-state index contributed by atoms with van der Waals surface area (Å²) in [5, 5.41) is 0.282. The fourth-order valence-corrected chi connectivity index (χ4v) is 2.33. The predicted molar refractivity (Wildman–Crippen MR) is 72.1 cm³/mol. The van der Waals surface area contributed by atoms with Gasteiger partial charge in [-0.1, -0.05) is 0 Å². The lowest BCUT2D eigenvalue weighted by Gasteiger charge is -2.33. The molecule has 1 aliphatic rings. The number of hydrogen-bond donors (Lipinski definition) is 0. The van der Waals surface area contributed by atoms with Crippen LogP contribution in [-0.2, 0) is 0 Å². The number of likely N-dealkylation sites (N-methyl/N-ethyl adjacent to an activating group) is 1. The van der Waals surface area contributed by atoms with Gasteiger partial charge in [-0.15, -0.1) is 0 Å². The lowest BCUT2D eigenvalue weighted by molar-refractivity contribution is 0.312. The van der Waals surface area contributed by atoms with E-state index in [1.54, 1.807) is 6.20 Å². The summed E-state index contributed by atoms with van der Waals surface area (Å²) in [5.41, 5.74) is 1.62. The Hall–Kier alpha value is -1.46. The molecule has 0 amide bonds. The van der Waals surface area contributed by atoms with Gasteiger partial charge in [0, 0.05) is 32.4 Å². The van der Waals surface area contributed by atoms with Crippen molar-refractivity contribution in [2.24, 2.45) is 0 Å². The van der Waals surface area contributed by atoms with E-state index in [1.807, 2.05) is 12.1 Å². The van der Waals surface area contributed by atoms with E-state index in [2.05, 4.69) is 31.8 Å². The van der Waals surface area contributed by atoms with Crippen molar-refractivity contribution in [2.75, 3.05) is 38.1 Å². The fourth-order valence-electron chi connectivity index (χ4n) is 2.16. The van der Waals surface area contributed by atoms with Crippen LogP contribution in [0.4, 0.5) is 5.82 Å². The Bertz CT molecular complexity index is 565. The molecule has 0 aliphatic carbocycles. The van der Waals surface area contributed by atoms with Crippen molar-refractivity contribution in [3.8, 4) is 0 Å². The van der Waals surface area contributed by atoms with Gasteiger partial charge >= 0.3 is 0 Å². The van der Waals surface area contributed by atoms with E-state index in [4.69, 9.17) is 11.6 Å². The van der Waals surface area contributed by atoms with Crippen LogP contribution in [0.25, 0.3) is 11.0 Å². The van der Waals surface area contributed by atoms with Gasteiger partial charge in [0.15, 0.2) is 5.82 Å². The lowest BCUT2D eigenvalue weighted by atomic mass is 10.3. The molecule has 1 fully saturated rings. The summed E-state index contributed by atoms with van der Waals surface area (Å²) in [6, 6.07) is 3.77. The van der Waals surface area contributed by atoms with Crippen molar-refractivity contribution in [1.29, 1.82) is 0 Å². The molecule has 2 aromatic heterocycles. The van der Waals surface area contributed by atoms with Crippen molar-refractivity contribution < 1.29 is 0 Å². The molecule has 94 valence electrons. The number of rotatable bonds is 1. The van der Waals surface area contributed by atoms with Crippen LogP contribution in [0, 0.1) is 0 Å². The summed E-state index contributed by atoms with van der Waals surface area (Å²) in [7, 11) is 2.13. The quantitative estimate of drug-likeness (QED) is 0.729. The van der Waals surface area contributed by atoms with Crippen LogP contribution in [-0.4, -0.2) is 53.1 Å². The van der Waals surface area contributed by atoms with E-state index < -0.39 is 0 Å². The molecule has 0 saturated carbocycles. The van der Waals surface area contributed by atoms with Crippen molar-refractivity contribution in [3.63, 3.8) is 0 Å². The third kappa shape index (κ3) is 2.11. The van der Waals surface area contributed by atoms with Gasteiger partial charge in [-0.25, -0.2) is 4.98 Å². The van der Waals surface area contributed by atoms with Crippen LogP contribution in [0.15, 0.2) is 18.3 Å². The van der Waals surface area contributed by atoms with Crippen LogP contribution in [0.3, 0.4) is 0 Å². The first kappa shape index (κ1) is 11.6. The maximum Gasteiger partial charge on any atom is 0.225 e. The first-order chi connectivity index (χ1) is 8.74. The van der Waals surface area contributed by atoms with E-state index in [0.717, 1.165) is 43.0 Å². The molecule has 0 radical (unpaired) electrons. The normalized spacial score (nSPS) is 17.3. The second-order valence-corrected chi connectivity index (χ2v) is 4.82. The Morgan fingerprint density at radius 1 is 1.17 bits per heavy atom. The molecule has 5 nitrogen and oxygen atoms in total. The summed E-state index contributed by atoms with van der Waals surface area (Å²) in [5.74, 6) is 0.846. The second-order valence-electron chi connectivity index (χ2n) is 4.48. The van der Waals surface area contributed by atoms with Crippen molar-refractivity contribution >= 4 is 28.5 Å². The second kappa shape index (κ2) is 4.66. The molecule has 0 unspecified atom stereocenters. The van der Waals surface area contributed by atoms with Gasteiger partial charge in [0.1, 0.15) is 5.52 Å². The number of pyridine rings is 1. The number of fused-ring (bicyclic) bond motifs is 1. The van der Waals surface area contributed by atoms with E-state index in [0.29, 0.717) is 0 Å². The number of halogens is 1. The summed E-state index contributed by atoms with van der Waals surface area (Å²) in [6.45, 7) is 3.93. The summed E-state index contributed by atoms with van der Waals surface area (Å²) >= 11 is 5.98. The molecular formula is C12H14ClN5. The first-order valence-electron chi connectivity index (χ1n) is 5.96. The Morgan fingerprint density at radius 3 is 2.72 bits per heavy atom. The predicted octanol–water partition coefficient (Wildman–Crippen LogP) is 1.43. The zero-order chi connectivity index (χ0) is 12.5. The van der Waals surface area contributed by atoms with Gasteiger partial charge in [-0.05, 0) is 30.8 Å². The molecule has 1 saturated heterocycles. The van der Waals surface area contributed by atoms with Gasteiger partial charge in [0.2, 0.25) is 5.28 Å². The Kier molecular flexibility index (Phi) is 3.01. The number of piperazine rings is 1. The zero-order valence-corrected chi connectivity index (χ0v) is 10.9. The highest BCUT2D eigenvalue weighted by atomic mass is 35.5. The monoisotopic (exact) mass is 263 g/mol. The molecule has 1 aliphatic heterocycles. The van der Waals surface area contributed by atoms with Crippen LogP contribution in [0.2, 0.25) is 5.28 Å². The van der Waals surface area contributed by atoms with Gasteiger partial charge in [-0.3, -0.25) is 4.98 Å². The van der Waals surface area contributed by atoms with Crippen LogP contribution >= 0.6 is 11.6 Å². The Morgan fingerprint density at radius 2 is 1.94 bits per heavy atom. The van der Waals surface area contributed by atoms with Crippen LogP contribution < -0.4 is 4.90 Å². The minimum absolute atomic E-state index is 0.282. The molecular weight excluding hydrogens is 250 g/mol. The zero-order valence-electron chi connectivity index (χ0n) is 10.2. The molecule has 0 bridgehead atoms. The molecule has 3 rings (SSSR count). The standard InChI is InChI=1S/C12H14ClN5/c1-17-5-7-18(8-6-17)11-10-9(3-2-4-14-10)15-12(13)16-11/h2-4H,5-8H2,1H3. The molecule has 6 heteroatoms. The van der Waals surface area contributed by atoms with Gasteiger partial charge in [0.25, 0.3) is 0 Å². The number of aromatic nitrogens is 3. The molecule has 18 heavy (non-hydrogen) atoms. The number of nitrogens with zero attached hydrogens (tertiary/aromatic N) is 5. The maximum atomic E-state index is 5.98. The highest BCUT2D eigenvalue weighted by Gasteiger charge is 2.19. The smallest absolute Gasteiger partial charge is 0.225 e. The van der Waals surface area contributed by atoms with Crippen molar-refractivity contribution in [3.05, 3.63) is 23.6 Å². The maximum absolute atomic E-state index is 5.98. The SMILES string of the molecule is CN1CCN(c2nc(Cl)nc3cccnc23)CC1. The minimum atomic E-state index is 0.282. The third-order valence-electron chi connectivity index (χ3n) is 3.21. The van der Waals surface area contributed by atoms with Gasteiger partial charge in [0.05, 0.1) is 5.52 Å². The first-order valence-corrected chi connectivity index (χ1v) is 6.33. The summed E-state index contributed by atoms with van der Waals surface area (Å²) in [4.78, 5) is 17.5. The van der Waals surface area contributed by atoms with E-state index in [-0.39, 0.29) is 5.28 Å². The van der Waals surface area contributed by atoms with Gasteiger partial charge < -0.3 is 9.80 Å². The molecule has 2 aromatic rings. The molecule has 0 N–H and O–H groups in total. The van der Waals surface area contributed by atoms with Crippen LogP contribution in [0.5, 0.6) is 0 Å². The topological polar surface area (TPSA) is 45.2 Å². The largest absolute Gasteiger partial charge is 0.352 e. The number of hydrogen-bond acceptors (Lipinski definition) is 5. The summed E-state index contributed by atoms with van der Waals surface area (Å²) in [6.07, 6.45) is 1.76. The van der Waals surface area contributed by atoms with Crippen LogP contribution in [0.1, 0.15) is 0 Å². The van der Waals surface area contributed by atoms with E-state index in [9.17, 15) is 0 Å². The fraction of sp³-hybridized carbons (Fsp3) is 0.417. The molecule has 0 aromatic carbocycles. The highest BCUT2D eigenvalue weighted by molar-refractivity contribution is 6.28. The van der Waals surface area contributed by atoms with Crippen molar-refractivity contribution in [2.45, 2.75) is 0 Å². The average Bonchev–Trinajstić information content (AvgIpc) is 2.38. The molecule has 0 atom stereocenters. The Balaban J connectivity index is 2.05. The molecule has 0 spiro atoms. The van der Waals surface area contributed by atoms with E-state index >= 15 is 0 Å². The van der Waals surface area contributed by atoms with E-state index in [1.165, 1.54) is 0 Å². The highest BCUT2D eigenvalue weighted by Crippen LogP contribution is 2.23. The van der Waals surface area contributed by atoms with Crippen molar-refractivity contribution in [1.82, 2.24) is 19.9 Å². The minimum Gasteiger partial charge on any atom is -0.352 e. The molecule has 3 heterocycles. The Labute approximate surface area is 110 Å². The average molecular weight is 264 g/mol. The lowest BCUT2D eigenvalue weighted by Crippen LogP contribution is -2.45. The number of anilines is 1. The third-order valence-corrected chi connectivity index (χ3v) is 3.38. The summed E-state index contributed by atoms with van der Waals surface area (Å²) < 4.78 is 0.